The minimum absolute atomic E-state index is 0.248. The van der Waals surface area contributed by atoms with E-state index < -0.39 is 0 Å². The molecule has 2 heterocycles. The number of thiazole rings is 1. The van der Waals surface area contributed by atoms with Crippen molar-refractivity contribution in [2.75, 3.05) is 0 Å². The summed E-state index contributed by atoms with van der Waals surface area (Å²) in [6.45, 7) is 8.62. The van der Waals surface area contributed by atoms with Crippen molar-refractivity contribution in [3.05, 3.63) is 69.2 Å². The Labute approximate surface area is 148 Å². The van der Waals surface area contributed by atoms with Crippen LogP contribution in [0.5, 0.6) is 0 Å². The molecule has 0 atom stereocenters. The van der Waals surface area contributed by atoms with Gasteiger partial charge in [0.1, 0.15) is 0 Å². The number of hydrogen-bond acceptors (Lipinski definition) is 3. The number of fused-ring (bicyclic) bond motifs is 1. The minimum Gasteiger partial charge on any atom is -0.312 e. The normalized spacial score (nSPS) is 12.3. The highest BCUT2D eigenvalue weighted by atomic mass is 32.1. The van der Waals surface area contributed by atoms with Crippen molar-refractivity contribution in [1.29, 1.82) is 0 Å². The maximum Gasteiger partial charge on any atom is 0.272 e. The molecule has 0 fully saturated rings. The zero-order valence-electron chi connectivity index (χ0n) is 13.7. The third-order valence-electron chi connectivity index (χ3n) is 3.56. The van der Waals surface area contributed by atoms with E-state index in [2.05, 4.69) is 42.1 Å². The smallest absolute Gasteiger partial charge is 0.272 e. The fraction of sp³-hybridized carbons (Fsp3) is 0.158. The standard InChI is InChI=1S/C19H18N2OS2/c1-4-9-21-18-14(3)11-13(2)12-16(18)24-19(21)20-17(22)8-7-15-6-5-10-23-15/h4-8,10-12H,1,9H2,2-3H3. The molecule has 0 bridgehead atoms. The average molecular weight is 355 g/mol. The molecule has 3 aromatic rings. The second-order valence-electron chi connectivity index (χ2n) is 5.51. The molecule has 0 N–H and O–H groups in total. The molecule has 1 aromatic carbocycles. The summed E-state index contributed by atoms with van der Waals surface area (Å²) in [6, 6.07) is 8.22. The van der Waals surface area contributed by atoms with Crippen LogP contribution >= 0.6 is 22.7 Å². The summed E-state index contributed by atoms with van der Waals surface area (Å²) in [5.74, 6) is -0.248. The van der Waals surface area contributed by atoms with Crippen LogP contribution in [0, 0.1) is 13.8 Å². The van der Waals surface area contributed by atoms with Gasteiger partial charge in [-0.2, -0.15) is 4.99 Å². The van der Waals surface area contributed by atoms with Crippen molar-refractivity contribution in [2.45, 2.75) is 20.4 Å². The van der Waals surface area contributed by atoms with Crippen LogP contribution in [0.25, 0.3) is 16.3 Å². The lowest BCUT2D eigenvalue weighted by molar-refractivity contribution is -0.113. The second kappa shape index (κ2) is 7.11. The molecule has 0 spiro atoms. The van der Waals surface area contributed by atoms with Crippen molar-refractivity contribution in [1.82, 2.24) is 4.57 Å². The molecule has 1 amide bonds. The van der Waals surface area contributed by atoms with E-state index in [4.69, 9.17) is 0 Å². The van der Waals surface area contributed by atoms with E-state index in [9.17, 15) is 4.79 Å². The average Bonchev–Trinajstić information content (AvgIpc) is 3.14. The number of benzene rings is 1. The van der Waals surface area contributed by atoms with Gasteiger partial charge in [0.25, 0.3) is 5.91 Å². The molecular weight excluding hydrogens is 336 g/mol. The van der Waals surface area contributed by atoms with Crippen LogP contribution in [-0.4, -0.2) is 10.5 Å². The summed E-state index contributed by atoms with van der Waals surface area (Å²) in [6.07, 6.45) is 5.15. The van der Waals surface area contributed by atoms with Crippen LogP contribution in [0.15, 0.2) is 53.4 Å². The molecule has 0 aliphatic rings. The number of carbonyl (C=O) groups is 1. The summed E-state index contributed by atoms with van der Waals surface area (Å²) in [7, 11) is 0. The predicted molar refractivity (Wildman–Crippen MR) is 103 cm³/mol. The van der Waals surface area contributed by atoms with Gasteiger partial charge in [-0.15, -0.1) is 17.9 Å². The summed E-state index contributed by atoms with van der Waals surface area (Å²) in [5, 5.41) is 1.98. The quantitative estimate of drug-likeness (QED) is 0.493. The predicted octanol–water partition coefficient (Wildman–Crippen LogP) is 4.71. The van der Waals surface area contributed by atoms with E-state index in [1.165, 1.54) is 17.2 Å². The molecule has 3 nitrogen and oxygen atoms in total. The summed E-state index contributed by atoms with van der Waals surface area (Å²) < 4.78 is 3.20. The van der Waals surface area contributed by atoms with Gasteiger partial charge in [0.15, 0.2) is 4.80 Å². The van der Waals surface area contributed by atoms with Crippen LogP contribution < -0.4 is 4.80 Å². The molecule has 122 valence electrons. The number of thiophene rings is 1. The second-order valence-corrected chi connectivity index (χ2v) is 7.50. The number of allylic oxidation sites excluding steroid dienone is 1. The van der Waals surface area contributed by atoms with Gasteiger partial charge in [0, 0.05) is 17.5 Å². The molecular formula is C19H18N2OS2. The lowest BCUT2D eigenvalue weighted by Gasteiger charge is -2.04. The number of aryl methyl sites for hydroxylation is 2. The lowest BCUT2D eigenvalue weighted by Crippen LogP contribution is -2.16. The van der Waals surface area contributed by atoms with Crippen LogP contribution in [0.4, 0.5) is 0 Å². The Morgan fingerprint density at radius 1 is 1.38 bits per heavy atom. The molecule has 0 saturated carbocycles. The first-order valence-electron chi connectivity index (χ1n) is 7.60. The summed E-state index contributed by atoms with van der Waals surface area (Å²) in [5.41, 5.74) is 3.52. The van der Waals surface area contributed by atoms with E-state index in [1.54, 1.807) is 28.7 Å². The van der Waals surface area contributed by atoms with Crippen molar-refractivity contribution < 1.29 is 4.79 Å². The Hall–Kier alpha value is -2.24. The van der Waals surface area contributed by atoms with Crippen LogP contribution in [0.1, 0.15) is 16.0 Å². The maximum atomic E-state index is 12.2. The van der Waals surface area contributed by atoms with E-state index in [0.717, 1.165) is 15.1 Å². The lowest BCUT2D eigenvalue weighted by atomic mass is 10.1. The highest BCUT2D eigenvalue weighted by molar-refractivity contribution is 7.16. The van der Waals surface area contributed by atoms with Gasteiger partial charge in [-0.3, -0.25) is 4.79 Å². The monoisotopic (exact) mass is 354 g/mol. The Morgan fingerprint density at radius 2 is 2.21 bits per heavy atom. The van der Waals surface area contributed by atoms with E-state index in [0.29, 0.717) is 11.3 Å². The zero-order chi connectivity index (χ0) is 17.1. The first-order chi connectivity index (χ1) is 11.6. The van der Waals surface area contributed by atoms with Gasteiger partial charge < -0.3 is 4.57 Å². The number of aromatic nitrogens is 1. The number of hydrogen-bond donors (Lipinski definition) is 0. The fourth-order valence-corrected chi connectivity index (χ4v) is 4.49. The molecule has 0 unspecified atom stereocenters. The third kappa shape index (κ3) is 3.47. The van der Waals surface area contributed by atoms with Gasteiger partial charge in [-0.05, 0) is 48.6 Å². The number of carbonyl (C=O) groups excluding carboxylic acids is 1. The molecule has 0 saturated heterocycles. The first kappa shape index (κ1) is 16.6. The SMILES string of the molecule is C=CCn1c(=NC(=O)C=Cc2cccs2)sc2cc(C)cc(C)c21. The topological polar surface area (TPSA) is 34.4 Å². The van der Waals surface area contributed by atoms with Crippen LogP contribution in [0.3, 0.4) is 0 Å². The molecule has 24 heavy (non-hydrogen) atoms. The fourth-order valence-electron chi connectivity index (χ4n) is 2.65. The van der Waals surface area contributed by atoms with Gasteiger partial charge in [-0.25, -0.2) is 0 Å². The van der Waals surface area contributed by atoms with Crippen molar-refractivity contribution in [3.63, 3.8) is 0 Å². The van der Waals surface area contributed by atoms with E-state index >= 15 is 0 Å². The molecule has 0 aliphatic heterocycles. The van der Waals surface area contributed by atoms with Crippen LogP contribution in [0.2, 0.25) is 0 Å². The van der Waals surface area contributed by atoms with E-state index in [1.807, 2.05) is 23.6 Å². The zero-order valence-corrected chi connectivity index (χ0v) is 15.3. The Kier molecular flexibility index (Phi) is 4.92. The molecule has 5 heteroatoms. The minimum atomic E-state index is -0.248. The maximum absolute atomic E-state index is 12.2. The highest BCUT2D eigenvalue weighted by Gasteiger charge is 2.09. The van der Waals surface area contributed by atoms with Crippen LogP contribution in [-0.2, 0) is 11.3 Å². The number of amides is 1. The molecule has 2 aromatic heterocycles. The van der Waals surface area contributed by atoms with E-state index in [-0.39, 0.29) is 5.91 Å². The Bertz CT molecular complexity index is 988. The number of rotatable bonds is 4. The first-order valence-corrected chi connectivity index (χ1v) is 9.30. The largest absolute Gasteiger partial charge is 0.312 e. The Morgan fingerprint density at radius 3 is 2.92 bits per heavy atom. The molecule has 0 radical (unpaired) electrons. The summed E-state index contributed by atoms with van der Waals surface area (Å²) >= 11 is 3.13. The Balaban J connectivity index is 2.07. The van der Waals surface area contributed by atoms with Crippen molar-refractivity contribution in [2.24, 2.45) is 4.99 Å². The van der Waals surface area contributed by atoms with Gasteiger partial charge in [-0.1, -0.05) is 29.5 Å². The summed E-state index contributed by atoms with van der Waals surface area (Å²) in [4.78, 5) is 18.3. The van der Waals surface area contributed by atoms with Gasteiger partial charge >= 0.3 is 0 Å². The van der Waals surface area contributed by atoms with Crippen molar-refractivity contribution in [3.8, 4) is 0 Å². The van der Waals surface area contributed by atoms with Gasteiger partial charge in [0.05, 0.1) is 10.2 Å². The van der Waals surface area contributed by atoms with Crippen molar-refractivity contribution >= 4 is 44.9 Å². The highest BCUT2D eigenvalue weighted by Crippen LogP contribution is 2.23. The molecule has 3 rings (SSSR count). The third-order valence-corrected chi connectivity index (χ3v) is 5.43. The van der Waals surface area contributed by atoms with Gasteiger partial charge in [0.2, 0.25) is 0 Å². The molecule has 0 aliphatic carbocycles. The number of nitrogens with zero attached hydrogens (tertiary/aromatic N) is 2.